The minimum absolute atomic E-state index is 0.00473. The summed E-state index contributed by atoms with van der Waals surface area (Å²) in [5.41, 5.74) is 1.68. The number of ether oxygens (including phenoxy) is 2. The molecule has 3 aromatic rings. The first-order chi connectivity index (χ1) is 19.9. The zero-order chi connectivity index (χ0) is 31.0. The second-order valence-electron chi connectivity index (χ2n) is 10.3. The predicted molar refractivity (Wildman–Crippen MR) is 165 cm³/mol. The summed E-state index contributed by atoms with van der Waals surface area (Å²) >= 11 is 6.20. The minimum atomic E-state index is -4.28. The summed E-state index contributed by atoms with van der Waals surface area (Å²) in [5.74, 6) is -0.148. The number of amides is 2. The number of nitrogens with zero attached hydrogens (tertiary/aromatic N) is 2. The molecule has 0 spiro atoms. The van der Waals surface area contributed by atoms with Crippen molar-refractivity contribution in [1.29, 1.82) is 0 Å². The summed E-state index contributed by atoms with van der Waals surface area (Å²) in [6, 6.07) is 17.1. The van der Waals surface area contributed by atoms with E-state index in [1.54, 1.807) is 55.5 Å². The molecule has 2 amide bonds. The van der Waals surface area contributed by atoms with Crippen LogP contribution in [0, 0.1) is 12.8 Å². The maximum atomic E-state index is 14.1. The number of aryl methyl sites for hydroxylation is 1. The van der Waals surface area contributed by atoms with Gasteiger partial charge in [-0.2, -0.15) is 0 Å². The van der Waals surface area contributed by atoms with E-state index in [0.717, 1.165) is 9.87 Å². The molecule has 9 nitrogen and oxygen atoms in total. The van der Waals surface area contributed by atoms with Crippen LogP contribution >= 0.6 is 11.6 Å². The number of nitrogens with one attached hydrogen (secondary N) is 1. The lowest BCUT2D eigenvalue weighted by molar-refractivity contribution is -0.139. The van der Waals surface area contributed by atoms with Crippen LogP contribution in [0.1, 0.15) is 31.9 Å². The fraction of sp³-hybridized carbons (Fsp3) is 0.355. The van der Waals surface area contributed by atoms with Crippen molar-refractivity contribution in [3.8, 4) is 11.5 Å². The zero-order valence-corrected chi connectivity index (χ0v) is 26.3. The first kappa shape index (κ1) is 32.8. The van der Waals surface area contributed by atoms with Crippen molar-refractivity contribution < 1.29 is 27.5 Å². The van der Waals surface area contributed by atoms with E-state index in [0.29, 0.717) is 22.9 Å². The summed E-state index contributed by atoms with van der Waals surface area (Å²) in [7, 11) is -1.40. The van der Waals surface area contributed by atoms with Gasteiger partial charge in [0.1, 0.15) is 24.1 Å². The van der Waals surface area contributed by atoms with Crippen molar-refractivity contribution >= 4 is 39.1 Å². The molecule has 1 unspecified atom stereocenters. The Labute approximate surface area is 253 Å². The van der Waals surface area contributed by atoms with Gasteiger partial charge in [0.25, 0.3) is 10.0 Å². The third-order valence-electron chi connectivity index (χ3n) is 6.64. The fourth-order valence-electron chi connectivity index (χ4n) is 4.21. The quantitative estimate of drug-likeness (QED) is 0.289. The Kier molecular flexibility index (Phi) is 11.2. The summed E-state index contributed by atoms with van der Waals surface area (Å²) < 4.78 is 40.1. The van der Waals surface area contributed by atoms with Crippen LogP contribution in [0.15, 0.2) is 71.6 Å². The van der Waals surface area contributed by atoms with Gasteiger partial charge in [0.05, 0.1) is 24.8 Å². The van der Waals surface area contributed by atoms with Gasteiger partial charge in [-0.3, -0.25) is 13.9 Å². The van der Waals surface area contributed by atoms with Crippen LogP contribution < -0.4 is 19.1 Å². The molecule has 0 radical (unpaired) electrons. The SMILES string of the molecule is COc1ccc(OC)c(N(CC(=O)N(Cc2cccc(Cl)c2)C(C)C(=O)NCC(C)C)S(=O)(=O)c2ccc(C)cc2)c1. The lowest BCUT2D eigenvalue weighted by Gasteiger charge is -2.32. The van der Waals surface area contributed by atoms with Crippen LogP contribution in [-0.4, -0.2) is 58.5 Å². The average Bonchev–Trinajstić information content (AvgIpc) is 2.96. The molecule has 0 fully saturated rings. The van der Waals surface area contributed by atoms with E-state index in [2.05, 4.69) is 5.32 Å². The monoisotopic (exact) mass is 615 g/mol. The number of rotatable bonds is 13. The van der Waals surface area contributed by atoms with E-state index in [1.165, 1.54) is 37.3 Å². The molecule has 0 aliphatic carbocycles. The molecule has 0 saturated heterocycles. The van der Waals surface area contributed by atoms with Gasteiger partial charge in [-0.1, -0.05) is 55.3 Å². The molecule has 226 valence electrons. The van der Waals surface area contributed by atoms with Gasteiger partial charge in [0.15, 0.2) is 0 Å². The minimum Gasteiger partial charge on any atom is -0.497 e. The molecule has 0 aliphatic rings. The average molecular weight is 616 g/mol. The fourth-order valence-corrected chi connectivity index (χ4v) is 5.84. The van der Waals surface area contributed by atoms with Gasteiger partial charge in [0.2, 0.25) is 11.8 Å². The molecule has 3 aromatic carbocycles. The summed E-state index contributed by atoms with van der Waals surface area (Å²) in [6.45, 7) is 7.25. The van der Waals surface area contributed by atoms with Crippen molar-refractivity contribution in [2.24, 2.45) is 5.92 Å². The zero-order valence-electron chi connectivity index (χ0n) is 24.8. The highest BCUT2D eigenvalue weighted by molar-refractivity contribution is 7.92. The number of carbonyl (C=O) groups excluding carboxylic acids is 2. The summed E-state index contributed by atoms with van der Waals surface area (Å²) in [4.78, 5) is 28.6. The van der Waals surface area contributed by atoms with E-state index < -0.39 is 28.5 Å². The summed E-state index contributed by atoms with van der Waals surface area (Å²) in [5, 5.41) is 3.34. The van der Waals surface area contributed by atoms with Gasteiger partial charge >= 0.3 is 0 Å². The maximum absolute atomic E-state index is 14.1. The molecule has 0 heterocycles. The second-order valence-corrected chi connectivity index (χ2v) is 12.6. The van der Waals surface area contributed by atoms with Crippen molar-refractivity contribution in [3.05, 3.63) is 82.9 Å². The van der Waals surface area contributed by atoms with Crippen LogP contribution in [0.4, 0.5) is 5.69 Å². The first-order valence-electron chi connectivity index (χ1n) is 13.5. The first-order valence-corrected chi connectivity index (χ1v) is 15.3. The van der Waals surface area contributed by atoms with Crippen molar-refractivity contribution in [3.63, 3.8) is 0 Å². The van der Waals surface area contributed by atoms with Gasteiger partial charge in [-0.15, -0.1) is 0 Å². The molecule has 0 aromatic heterocycles. The van der Waals surface area contributed by atoms with Crippen molar-refractivity contribution in [1.82, 2.24) is 10.2 Å². The van der Waals surface area contributed by atoms with E-state index in [-0.39, 0.29) is 34.7 Å². The van der Waals surface area contributed by atoms with Crippen molar-refractivity contribution in [2.75, 3.05) is 31.6 Å². The number of carbonyl (C=O) groups is 2. The van der Waals surface area contributed by atoms with Crippen LogP contribution in [-0.2, 0) is 26.2 Å². The van der Waals surface area contributed by atoms with Gasteiger partial charge in [-0.05, 0) is 61.7 Å². The van der Waals surface area contributed by atoms with Crippen LogP contribution in [0.25, 0.3) is 0 Å². The Morgan fingerprint density at radius 1 is 0.952 bits per heavy atom. The number of anilines is 1. The van der Waals surface area contributed by atoms with Gasteiger partial charge in [0, 0.05) is 24.2 Å². The molecule has 0 aliphatic heterocycles. The Morgan fingerprint density at radius 2 is 1.64 bits per heavy atom. The Hall–Kier alpha value is -3.76. The highest BCUT2D eigenvalue weighted by Crippen LogP contribution is 2.36. The van der Waals surface area contributed by atoms with Crippen LogP contribution in [0.2, 0.25) is 5.02 Å². The number of sulfonamides is 1. The third-order valence-corrected chi connectivity index (χ3v) is 8.65. The standard InChI is InChI=1S/C31H38ClN3O6S/c1-21(2)18-33-31(37)23(4)34(19-24-8-7-9-25(32)16-24)30(36)20-35(28-17-26(40-5)12-15-29(28)41-6)42(38,39)27-13-10-22(3)11-14-27/h7-17,21,23H,18-20H2,1-6H3,(H,33,37). The van der Waals surface area contributed by atoms with E-state index in [9.17, 15) is 18.0 Å². The molecule has 42 heavy (non-hydrogen) atoms. The Balaban J connectivity index is 2.11. The third kappa shape index (κ3) is 8.17. The predicted octanol–water partition coefficient (Wildman–Crippen LogP) is 5.05. The summed E-state index contributed by atoms with van der Waals surface area (Å²) in [6.07, 6.45) is 0. The van der Waals surface area contributed by atoms with Gasteiger partial charge in [-0.25, -0.2) is 8.42 Å². The molecular formula is C31H38ClN3O6S. The number of halogens is 1. The molecule has 3 rings (SSSR count). The van der Waals surface area contributed by atoms with Crippen molar-refractivity contribution in [2.45, 2.75) is 45.2 Å². The topological polar surface area (TPSA) is 105 Å². The van der Waals surface area contributed by atoms with Crippen LogP contribution in [0.5, 0.6) is 11.5 Å². The maximum Gasteiger partial charge on any atom is 0.264 e. The lowest BCUT2D eigenvalue weighted by Crippen LogP contribution is -2.51. The largest absolute Gasteiger partial charge is 0.497 e. The highest BCUT2D eigenvalue weighted by Gasteiger charge is 2.34. The lowest BCUT2D eigenvalue weighted by atomic mass is 10.1. The van der Waals surface area contributed by atoms with Gasteiger partial charge < -0.3 is 19.7 Å². The normalized spacial score (nSPS) is 12.0. The molecule has 1 N–H and O–H groups in total. The molecule has 11 heteroatoms. The smallest absolute Gasteiger partial charge is 0.264 e. The number of methoxy groups -OCH3 is 2. The number of hydrogen-bond donors (Lipinski definition) is 1. The number of hydrogen-bond acceptors (Lipinski definition) is 6. The number of benzene rings is 3. The molecule has 0 bridgehead atoms. The second kappa shape index (κ2) is 14.4. The Morgan fingerprint density at radius 3 is 2.24 bits per heavy atom. The molecule has 1 atom stereocenters. The van der Waals surface area contributed by atoms with Crippen LogP contribution in [0.3, 0.4) is 0 Å². The van der Waals surface area contributed by atoms with E-state index >= 15 is 0 Å². The van der Waals surface area contributed by atoms with E-state index in [4.69, 9.17) is 21.1 Å². The molecular weight excluding hydrogens is 578 g/mol. The Bertz CT molecular complexity index is 1490. The highest BCUT2D eigenvalue weighted by atomic mass is 35.5. The molecule has 0 saturated carbocycles. The van der Waals surface area contributed by atoms with E-state index in [1.807, 2.05) is 20.8 Å².